The fourth-order valence-electron chi connectivity index (χ4n) is 3.40. The van der Waals surface area contributed by atoms with Gasteiger partial charge in [0.2, 0.25) is 0 Å². The SMILES string of the molecule is CCNC(=NCc1cc(C)cc(OC)c1)NC1CCN(c2ncccc2F)C1. The number of rotatable bonds is 6. The number of ether oxygens (including phenoxy) is 1. The van der Waals surface area contributed by atoms with Crippen molar-refractivity contribution >= 4 is 11.8 Å². The molecule has 0 radical (unpaired) electrons. The molecule has 28 heavy (non-hydrogen) atoms. The Hall–Kier alpha value is -2.83. The van der Waals surface area contributed by atoms with Gasteiger partial charge in [-0.1, -0.05) is 6.07 Å². The zero-order valence-corrected chi connectivity index (χ0v) is 16.7. The maximum absolute atomic E-state index is 14.0. The molecule has 2 aromatic rings. The highest BCUT2D eigenvalue weighted by molar-refractivity contribution is 5.80. The summed E-state index contributed by atoms with van der Waals surface area (Å²) in [6, 6.07) is 9.36. The van der Waals surface area contributed by atoms with E-state index in [9.17, 15) is 4.39 Å². The van der Waals surface area contributed by atoms with Gasteiger partial charge in [0.25, 0.3) is 0 Å². The molecule has 1 aromatic carbocycles. The van der Waals surface area contributed by atoms with Crippen LogP contribution in [0, 0.1) is 12.7 Å². The average Bonchev–Trinajstić information content (AvgIpc) is 3.14. The summed E-state index contributed by atoms with van der Waals surface area (Å²) in [6.07, 6.45) is 2.53. The summed E-state index contributed by atoms with van der Waals surface area (Å²) in [5.74, 6) is 1.74. The van der Waals surface area contributed by atoms with Crippen molar-refractivity contribution in [2.75, 3.05) is 31.6 Å². The third-order valence-corrected chi connectivity index (χ3v) is 4.68. The van der Waals surface area contributed by atoms with Crippen molar-refractivity contribution in [3.63, 3.8) is 0 Å². The van der Waals surface area contributed by atoms with Crippen molar-refractivity contribution in [2.45, 2.75) is 32.9 Å². The highest BCUT2D eigenvalue weighted by atomic mass is 19.1. The molecule has 0 amide bonds. The first-order chi connectivity index (χ1) is 13.6. The van der Waals surface area contributed by atoms with Gasteiger partial charge in [0, 0.05) is 31.9 Å². The minimum atomic E-state index is -0.280. The van der Waals surface area contributed by atoms with Crippen LogP contribution in [0.2, 0.25) is 0 Å². The number of nitrogens with zero attached hydrogens (tertiary/aromatic N) is 3. The molecule has 1 saturated heterocycles. The van der Waals surface area contributed by atoms with E-state index in [4.69, 9.17) is 9.73 Å². The van der Waals surface area contributed by atoms with Crippen molar-refractivity contribution in [1.82, 2.24) is 15.6 Å². The first-order valence-electron chi connectivity index (χ1n) is 9.64. The van der Waals surface area contributed by atoms with Crippen LogP contribution >= 0.6 is 0 Å². The second-order valence-electron chi connectivity index (χ2n) is 6.94. The molecule has 1 fully saturated rings. The summed E-state index contributed by atoms with van der Waals surface area (Å²) in [5.41, 5.74) is 2.24. The Morgan fingerprint density at radius 2 is 2.25 bits per heavy atom. The van der Waals surface area contributed by atoms with Gasteiger partial charge in [0.1, 0.15) is 5.75 Å². The van der Waals surface area contributed by atoms with Crippen LogP contribution in [0.5, 0.6) is 5.75 Å². The standard InChI is InChI=1S/C21H28FN5O/c1-4-23-21(25-13-16-10-15(2)11-18(12-16)28-3)26-17-7-9-27(14-17)20-19(22)6-5-8-24-20/h5-6,8,10-12,17H,4,7,9,13-14H2,1-3H3,(H2,23,25,26). The molecule has 3 rings (SSSR count). The zero-order valence-electron chi connectivity index (χ0n) is 16.7. The molecule has 1 aliphatic rings. The molecule has 6 nitrogen and oxygen atoms in total. The molecule has 7 heteroatoms. The predicted molar refractivity (Wildman–Crippen MR) is 110 cm³/mol. The lowest BCUT2D eigenvalue weighted by molar-refractivity contribution is 0.414. The van der Waals surface area contributed by atoms with E-state index in [1.165, 1.54) is 6.07 Å². The number of anilines is 1. The van der Waals surface area contributed by atoms with E-state index in [1.54, 1.807) is 19.4 Å². The van der Waals surface area contributed by atoms with Crippen LogP contribution in [-0.2, 0) is 6.54 Å². The molecule has 0 saturated carbocycles. The lowest BCUT2D eigenvalue weighted by Gasteiger charge is -2.20. The Kier molecular flexibility index (Phi) is 6.68. The molecular weight excluding hydrogens is 357 g/mol. The summed E-state index contributed by atoms with van der Waals surface area (Å²) in [4.78, 5) is 10.9. The normalized spacial score (nSPS) is 16.9. The van der Waals surface area contributed by atoms with E-state index in [2.05, 4.69) is 21.7 Å². The monoisotopic (exact) mass is 385 g/mol. The van der Waals surface area contributed by atoms with Crippen LogP contribution in [0.4, 0.5) is 10.2 Å². The smallest absolute Gasteiger partial charge is 0.191 e. The molecule has 0 spiro atoms. The number of aliphatic imine (C=N–C) groups is 1. The van der Waals surface area contributed by atoms with Crippen LogP contribution in [0.3, 0.4) is 0 Å². The van der Waals surface area contributed by atoms with E-state index >= 15 is 0 Å². The Labute approximate surface area is 165 Å². The van der Waals surface area contributed by atoms with E-state index in [0.717, 1.165) is 42.3 Å². The maximum atomic E-state index is 14.0. The molecule has 2 N–H and O–H groups in total. The Morgan fingerprint density at radius 3 is 3.00 bits per heavy atom. The van der Waals surface area contributed by atoms with Gasteiger partial charge in [-0.15, -0.1) is 0 Å². The van der Waals surface area contributed by atoms with Crippen molar-refractivity contribution in [3.05, 3.63) is 53.5 Å². The van der Waals surface area contributed by atoms with Gasteiger partial charge in [-0.2, -0.15) is 0 Å². The maximum Gasteiger partial charge on any atom is 0.191 e. The third kappa shape index (κ3) is 5.12. The number of aromatic nitrogens is 1. The number of hydrogen-bond acceptors (Lipinski definition) is 4. The molecule has 1 unspecified atom stereocenters. The van der Waals surface area contributed by atoms with Crippen molar-refractivity contribution in [2.24, 2.45) is 4.99 Å². The molecule has 0 aliphatic carbocycles. The number of nitrogens with one attached hydrogen (secondary N) is 2. The highest BCUT2D eigenvalue weighted by Crippen LogP contribution is 2.21. The molecule has 0 bridgehead atoms. The summed E-state index contributed by atoms with van der Waals surface area (Å²) < 4.78 is 19.3. The predicted octanol–water partition coefficient (Wildman–Crippen LogP) is 2.87. The summed E-state index contributed by atoms with van der Waals surface area (Å²) >= 11 is 0. The number of pyridine rings is 1. The van der Waals surface area contributed by atoms with Gasteiger partial charge >= 0.3 is 0 Å². The number of aryl methyl sites for hydroxylation is 1. The number of methoxy groups -OCH3 is 1. The summed E-state index contributed by atoms with van der Waals surface area (Å²) in [6.45, 7) is 6.86. The van der Waals surface area contributed by atoms with Crippen LogP contribution in [-0.4, -0.2) is 43.7 Å². The molecule has 1 aromatic heterocycles. The van der Waals surface area contributed by atoms with Gasteiger partial charge in [0.15, 0.2) is 17.6 Å². The van der Waals surface area contributed by atoms with E-state index in [1.807, 2.05) is 30.9 Å². The quantitative estimate of drug-likeness (QED) is 0.591. The number of hydrogen-bond donors (Lipinski definition) is 2. The van der Waals surface area contributed by atoms with Crippen molar-refractivity contribution in [1.29, 1.82) is 0 Å². The second-order valence-corrected chi connectivity index (χ2v) is 6.94. The zero-order chi connectivity index (χ0) is 19.9. The number of halogens is 1. The lowest BCUT2D eigenvalue weighted by atomic mass is 10.1. The van der Waals surface area contributed by atoms with Crippen LogP contribution in [0.25, 0.3) is 0 Å². The van der Waals surface area contributed by atoms with Crippen molar-refractivity contribution in [3.8, 4) is 5.75 Å². The van der Waals surface area contributed by atoms with Crippen LogP contribution in [0.1, 0.15) is 24.5 Å². The van der Waals surface area contributed by atoms with Gasteiger partial charge < -0.3 is 20.3 Å². The third-order valence-electron chi connectivity index (χ3n) is 4.68. The fourth-order valence-corrected chi connectivity index (χ4v) is 3.40. The van der Waals surface area contributed by atoms with Crippen LogP contribution in [0.15, 0.2) is 41.5 Å². The van der Waals surface area contributed by atoms with Crippen LogP contribution < -0.4 is 20.3 Å². The van der Waals surface area contributed by atoms with Crippen molar-refractivity contribution < 1.29 is 9.13 Å². The Bertz CT molecular complexity index is 826. The second kappa shape index (κ2) is 9.39. The largest absolute Gasteiger partial charge is 0.497 e. The van der Waals surface area contributed by atoms with Gasteiger partial charge in [-0.25, -0.2) is 14.4 Å². The van der Waals surface area contributed by atoms with E-state index in [0.29, 0.717) is 18.9 Å². The Balaban J connectivity index is 1.64. The minimum absolute atomic E-state index is 0.186. The molecule has 1 aliphatic heterocycles. The summed E-state index contributed by atoms with van der Waals surface area (Å²) in [7, 11) is 1.67. The minimum Gasteiger partial charge on any atom is -0.497 e. The first-order valence-corrected chi connectivity index (χ1v) is 9.64. The van der Waals surface area contributed by atoms with E-state index in [-0.39, 0.29) is 11.9 Å². The number of benzene rings is 1. The van der Waals surface area contributed by atoms with E-state index < -0.39 is 0 Å². The Morgan fingerprint density at radius 1 is 1.39 bits per heavy atom. The molecule has 2 heterocycles. The molecular formula is C21H28FN5O. The summed E-state index contributed by atoms with van der Waals surface area (Å²) in [5, 5.41) is 6.75. The lowest BCUT2D eigenvalue weighted by Crippen LogP contribution is -2.44. The highest BCUT2D eigenvalue weighted by Gasteiger charge is 2.25. The van der Waals surface area contributed by atoms with Gasteiger partial charge in [0.05, 0.1) is 13.7 Å². The van der Waals surface area contributed by atoms with Gasteiger partial charge in [-0.05, 0) is 55.7 Å². The van der Waals surface area contributed by atoms with Gasteiger partial charge in [-0.3, -0.25) is 0 Å². The topological polar surface area (TPSA) is 61.8 Å². The fraction of sp³-hybridized carbons (Fsp3) is 0.429. The molecule has 1 atom stereocenters. The number of guanidine groups is 1. The first kappa shape index (κ1) is 19.9. The molecule has 150 valence electrons. The average molecular weight is 385 g/mol.